The smallest absolute Gasteiger partial charge is 0.321 e. The zero-order valence-electron chi connectivity index (χ0n) is 4.98. The third-order valence-electron chi connectivity index (χ3n) is 0.948. The maximum absolute atomic E-state index is 10.5. The summed E-state index contributed by atoms with van der Waals surface area (Å²) in [6.45, 7) is 0. The van der Waals surface area contributed by atoms with Crippen LogP contribution in [0.5, 0.6) is 0 Å². The van der Waals surface area contributed by atoms with Crippen molar-refractivity contribution in [1.82, 2.24) is 0 Å². The third kappa shape index (κ3) is 1.58. The van der Waals surface area contributed by atoms with Gasteiger partial charge < -0.3 is 9.79 Å². The van der Waals surface area contributed by atoms with Crippen molar-refractivity contribution in [2.24, 2.45) is 0 Å². The van der Waals surface area contributed by atoms with E-state index in [0.29, 0.717) is 0 Å². The Kier molecular flexibility index (Phi) is 1.78. The molecule has 10 heavy (non-hydrogen) atoms. The molecule has 4 heteroatoms. The van der Waals surface area contributed by atoms with Crippen LogP contribution in [0.15, 0.2) is 18.2 Å². The average molecular weight is 156 g/mol. The highest BCUT2D eigenvalue weighted by Gasteiger charge is 2.15. The van der Waals surface area contributed by atoms with Crippen LogP contribution in [0, 0.1) is 12.1 Å². The van der Waals surface area contributed by atoms with E-state index in [4.69, 9.17) is 9.79 Å². The molecule has 3 nitrogen and oxygen atoms in total. The molecule has 0 saturated carbocycles. The summed E-state index contributed by atoms with van der Waals surface area (Å²) in [6.07, 6.45) is 0. The summed E-state index contributed by atoms with van der Waals surface area (Å²) in [6, 6.07) is 9.12. The lowest BCUT2D eigenvalue weighted by Gasteiger charge is -1.97. The molecule has 1 rings (SSSR count). The van der Waals surface area contributed by atoms with E-state index in [0.717, 1.165) is 0 Å². The Morgan fingerprint density at radius 2 is 2.20 bits per heavy atom. The van der Waals surface area contributed by atoms with Crippen molar-refractivity contribution in [2.45, 2.75) is 0 Å². The van der Waals surface area contributed by atoms with Crippen LogP contribution < -0.4 is 5.30 Å². The van der Waals surface area contributed by atoms with E-state index in [9.17, 15) is 4.57 Å². The maximum atomic E-state index is 10.5. The van der Waals surface area contributed by atoms with Crippen molar-refractivity contribution in [3.05, 3.63) is 30.3 Å². The lowest BCUT2D eigenvalue weighted by Crippen LogP contribution is -1.99. The highest BCUT2D eigenvalue weighted by molar-refractivity contribution is 7.60. The van der Waals surface area contributed by atoms with Gasteiger partial charge in [0.05, 0.1) is 0 Å². The highest BCUT2D eigenvalue weighted by Crippen LogP contribution is 2.31. The van der Waals surface area contributed by atoms with E-state index >= 15 is 0 Å². The summed E-state index contributed by atoms with van der Waals surface area (Å²) in [4.78, 5) is 17.1. The molecule has 0 aliphatic heterocycles. The monoisotopic (exact) mass is 156 g/mol. The van der Waals surface area contributed by atoms with Gasteiger partial charge in [0, 0.05) is 0 Å². The second-order valence-electron chi connectivity index (χ2n) is 1.72. The Labute approximate surface area is 58.5 Å². The van der Waals surface area contributed by atoms with Gasteiger partial charge >= 0.3 is 7.60 Å². The minimum Gasteiger partial charge on any atom is -0.321 e. The van der Waals surface area contributed by atoms with Crippen LogP contribution in [0.2, 0.25) is 0 Å². The van der Waals surface area contributed by atoms with Crippen LogP contribution in [-0.2, 0) is 4.57 Å². The largest absolute Gasteiger partial charge is 0.364 e. The van der Waals surface area contributed by atoms with E-state index in [1.54, 1.807) is 0 Å². The molecule has 0 aromatic heterocycles. The molecule has 1 aromatic rings. The Morgan fingerprint density at radius 1 is 1.50 bits per heavy atom. The second kappa shape index (κ2) is 2.43. The van der Waals surface area contributed by atoms with E-state index in [1.807, 2.05) is 0 Å². The van der Waals surface area contributed by atoms with Crippen molar-refractivity contribution >= 4 is 12.9 Å². The van der Waals surface area contributed by atoms with Crippen molar-refractivity contribution in [1.29, 1.82) is 0 Å². The Morgan fingerprint density at radius 3 is 2.50 bits per heavy atom. The van der Waals surface area contributed by atoms with Crippen molar-refractivity contribution in [3.63, 3.8) is 0 Å². The molecule has 0 radical (unpaired) electrons. The molecule has 0 saturated heterocycles. The molecular formula is C6H5O3P. The topological polar surface area (TPSA) is 57.5 Å². The molecule has 0 aliphatic rings. The number of rotatable bonds is 1. The van der Waals surface area contributed by atoms with Crippen LogP contribution in [0.4, 0.5) is 0 Å². The van der Waals surface area contributed by atoms with Crippen molar-refractivity contribution in [3.8, 4) is 0 Å². The van der Waals surface area contributed by atoms with Crippen molar-refractivity contribution in [2.75, 3.05) is 0 Å². The first-order valence-electron chi connectivity index (χ1n) is 2.55. The van der Waals surface area contributed by atoms with Gasteiger partial charge in [-0.25, -0.2) is 0 Å². The fourth-order valence-corrected chi connectivity index (χ4v) is 1.01. The summed E-state index contributed by atoms with van der Waals surface area (Å²) in [5, 5.41) is -0.116. The molecule has 0 aliphatic carbocycles. The summed E-state index contributed by atoms with van der Waals surface area (Å²) in [7, 11) is -4.10. The minimum atomic E-state index is -4.10. The van der Waals surface area contributed by atoms with Crippen molar-refractivity contribution < 1.29 is 14.4 Å². The van der Waals surface area contributed by atoms with Gasteiger partial charge in [0.2, 0.25) is 0 Å². The Hall–Kier alpha value is -0.810. The third-order valence-corrected chi connectivity index (χ3v) is 1.84. The predicted molar refractivity (Wildman–Crippen MR) is 35.8 cm³/mol. The first-order valence-corrected chi connectivity index (χ1v) is 4.16. The summed E-state index contributed by atoms with van der Waals surface area (Å²) < 4.78 is 10.5. The van der Waals surface area contributed by atoms with Crippen LogP contribution in [0.3, 0.4) is 0 Å². The number of hydrogen-bond donors (Lipinski definition) is 2. The van der Waals surface area contributed by atoms with Gasteiger partial charge in [0.15, 0.2) is 0 Å². The molecule has 0 unspecified atom stereocenters. The van der Waals surface area contributed by atoms with Gasteiger partial charge in [-0.05, 0) is 12.1 Å². The lowest BCUT2D eigenvalue weighted by molar-refractivity contribution is 0.387. The maximum Gasteiger partial charge on any atom is 0.364 e. The molecule has 0 fully saturated rings. The fraction of sp³-hybridized carbons (Fsp3) is 0. The molecule has 1 aromatic carbocycles. The molecule has 0 atom stereocenters. The number of hydrogen-bond acceptors (Lipinski definition) is 1. The first kappa shape index (κ1) is 7.30. The van der Waals surface area contributed by atoms with Crippen LogP contribution in [0.1, 0.15) is 0 Å². The zero-order valence-corrected chi connectivity index (χ0v) is 5.88. The fourth-order valence-electron chi connectivity index (χ4n) is 0.515. The first-order chi connectivity index (χ1) is 4.61. The van der Waals surface area contributed by atoms with Gasteiger partial charge in [-0.1, -0.05) is 18.2 Å². The van der Waals surface area contributed by atoms with E-state index < -0.39 is 7.60 Å². The van der Waals surface area contributed by atoms with E-state index in [1.165, 1.54) is 18.2 Å². The normalized spacial score (nSPS) is 10.6. The molecule has 0 heterocycles. The van der Waals surface area contributed by atoms with Crippen LogP contribution in [0.25, 0.3) is 0 Å². The predicted octanol–water partition coefficient (Wildman–Crippen LogP) is 0.0900. The zero-order chi connectivity index (χ0) is 7.61. The quantitative estimate of drug-likeness (QED) is 0.566. The molecule has 0 bridgehead atoms. The van der Waals surface area contributed by atoms with Crippen LogP contribution in [-0.4, -0.2) is 9.79 Å². The molecule has 0 amide bonds. The second-order valence-corrected chi connectivity index (χ2v) is 3.29. The van der Waals surface area contributed by atoms with E-state index in [-0.39, 0.29) is 5.30 Å². The standard InChI is InChI=1S/C6H5O3P/c7-10(8,9)6-4-2-1-3-5-6/h1-2,4H,(H2,7,8,9). The molecule has 2 N–H and O–H groups in total. The van der Waals surface area contributed by atoms with Gasteiger partial charge in [-0.3, -0.25) is 4.57 Å². The van der Waals surface area contributed by atoms with Gasteiger partial charge in [0.25, 0.3) is 0 Å². The lowest BCUT2D eigenvalue weighted by atomic mass is 10.4. The van der Waals surface area contributed by atoms with Gasteiger partial charge in [-0.2, -0.15) is 0 Å². The molecule has 0 spiro atoms. The molecule has 52 valence electrons. The summed E-state index contributed by atoms with van der Waals surface area (Å²) in [5.74, 6) is 0. The van der Waals surface area contributed by atoms with Gasteiger partial charge in [-0.15, -0.1) is 0 Å². The summed E-state index contributed by atoms with van der Waals surface area (Å²) in [5.41, 5.74) is 0. The minimum absolute atomic E-state index is 0.116. The Bertz CT molecular complexity index is 251. The molecular weight excluding hydrogens is 151 g/mol. The Balaban J connectivity index is 3.09. The van der Waals surface area contributed by atoms with E-state index in [2.05, 4.69) is 12.1 Å². The van der Waals surface area contributed by atoms with Gasteiger partial charge in [0.1, 0.15) is 5.30 Å². The SMILES string of the molecule is O=P(O)(O)c1c#cccc1. The highest BCUT2D eigenvalue weighted by atomic mass is 31.2. The van der Waals surface area contributed by atoms with Crippen LogP contribution >= 0.6 is 7.60 Å². The summed E-state index contributed by atoms with van der Waals surface area (Å²) >= 11 is 0. The average Bonchev–Trinajstić information content (AvgIpc) is 1.88.